The van der Waals surface area contributed by atoms with Crippen LogP contribution in [0.2, 0.25) is 0 Å². The van der Waals surface area contributed by atoms with Crippen molar-refractivity contribution in [3.8, 4) is 5.75 Å². The van der Waals surface area contributed by atoms with Crippen LogP contribution in [0, 0.1) is 18.7 Å². The van der Waals surface area contributed by atoms with Gasteiger partial charge in [-0.1, -0.05) is 19.0 Å². The van der Waals surface area contributed by atoms with Gasteiger partial charge in [0.2, 0.25) is 0 Å². The van der Waals surface area contributed by atoms with Crippen LogP contribution in [0.3, 0.4) is 0 Å². The molecule has 114 valence electrons. The molecule has 0 fully saturated rings. The zero-order chi connectivity index (χ0) is 15.2. The molecule has 0 spiro atoms. The van der Waals surface area contributed by atoms with Crippen molar-refractivity contribution in [3.63, 3.8) is 0 Å². The van der Waals surface area contributed by atoms with E-state index in [1.807, 2.05) is 13.0 Å². The Morgan fingerprint density at radius 1 is 1.33 bits per heavy atom. The van der Waals surface area contributed by atoms with Crippen molar-refractivity contribution >= 4 is 0 Å². The zero-order valence-corrected chi connectivity index (χ0v) is 12.6. The third-order valence-electron chi connectivity index (χ3n) is 2.94. The zero-order valence-electron chi connectivity index (χ0n) is 12.6. The normalized spacial score (nSPS) is 11.1. The van der Waals surface area contributed by atoms with Crippen molar-refractivity contribution in [1.29, 1.82) is 0 Å². The average molecular weight is 292 g/mol. The maximum atomic E-state index is 13.4. The topological polar surface area (TPSA) is 47.3 Å². The summed E-state index contributed by atoms with van der Waals surface area (Å²) in [6.07, 6.45) is 0. The highest BCUT2D eigenvalue weighted by molar-refractivity contribution is 5.34. The Morgan fingerprint density at radius 2 is 2.14 bits per heavy atom. The molecule has 0 saturated carbocycles. The number of nitrogens with one attached hydrogen (secondary N) is 1. The number of hydrogen-bond acceptors (Lipinski definition) is 4. The molecule has 1 heterocycles. The average Bonchev–Trinajstić information content (AvgIpc) is 2.83. The summed E-state index contributed by atoms with van der Waals surface area (Å²) in [5.41, 5.74) is 1.52. The Bertz CT molecular complexity index is 581. The highest BCUT2D eigenvalue weighted by Crippen LogP contribution is 2.21. The van der Waals surface area contributed by atoms with Gasteiger partial charge in [-0.3, -0.25) is 0 Å². The summed E-state index contributed by atoms with van der Waals surface area (Å²) in [5, 5.41) is 7.16. The number of nitrogens with zero attached hydrogens (tertiary/aromatic N) is 1. The highest BCUT2D eigenvalue weighted by Gasteiger charge is 2.08. The Kier molecular flexibility index (Phi) is 5.33. The maximum absolute atomic E-state index is 13.4. The number of rotatable bonds is 7. The number of hydrogen-bond donors (Lipinski definition) is 1. The summed E-state index contributed by atoms with van der Waals surface area (Å²) in [4.78, 5) is 0. The summed E-state index contributed by atoms with van der Waals surface area (Å²) < 4.78 is 24.1. The molecule has 0 amide bonds. The van der Waals surface area contributed by atoms with Gasteiger partial charge in [0.1, 0.15) is 29.6 Å². The van der Waals surface area contributed by atoms with Crippen LogP contribution in [0.4, 0.5) is 4.39 Å². The molecule has 21 heavy (non-hydrogen) atoms. The van der Waals surface area contributed by atoms with E-state index in [0.29, 0.717) is 24.8 Å². The molecular weight excluding hydrogens is 271 g/mol. The second-order valence-corrected chi connectivity index (χ2v) is 5.49. The third kappa shape index (κ3) is 4.86. The van der Waals surface area contributed by atoms with Gasteiger partial charge in [-0.2, -0.15) is 0 Å². The molecule has 0 aliphatic rings. The minimum atomic E-state index is -0.263. The molecule has 0 atom stereocenters. The number of benzene rings is 1. The summed E-state index contributed by atoms with van der Waals surface area (Å²) in [7, 11) is 0. The van der Waals surface area contributed by atoms with E-state index in [1.54, 1.807) is 6.07 Å². The Morgan fingerprint density at radius 3 is 2.81 bits per heavy atom. The van der Waals surface area contributed by atoms with Gasteiger partial charge < -0.3 is 14.6 Å². The van der Waals surface area contributed by atoms with Crippen LogP contribution in [0.15, 0.2) is 28.8 Å². The van der Waals surface area contributed by atoms with E-state index in [0.717, 1.165) is 23.6 Å². The number of halogens is 1. The van der Waals surface area contributed by atoms with E-state index >= 15 is 0 Å². The quantitative estimate of drug-likeness (QED) is 0.849. The van der Waals surface area contributed by atoms with Gasteiger partial charge >= 0.3 is 0 Å². The largest absolute Gasteiger partial charge is 0.487 e. The van der Waals surface area contributed by atoms with Crippen LogP contribution < -0.4 is 10.1 Å². The van der Waals surface area contributed by atoms with Crippen LogP contribution in [0.5, 0.6) is 5.75 Å². The van der Waals surface area contributed by atoms with Gasteiger partial charge in [-0.15, -0.1) is 0 Å². The summed E-state index contributed by atoms with van der Waals surface area (Å²) in [6, 6.07) is 6.36. The fraction of sp³-hybridized carbons (Fsp3) is 0.438. The fourth-order valence-corrected chi connectivity index (χ4v) is 1.96. The number of aromatic nitrogens is 1. The molecule has 0 aliphatic carbocycles. The van der Waals surface area contributed by atoms with Gasteiger partial charge in [0.15, 0.2) is 0 Å². The Labute approximate surface area is 124 Å². The first kappa shape index (κ1) is 15.5. The monoisotopic (exact) mass is 292 g/mol. The first-order chi connectivity index (χ1) is 10.0. The van der Waals surface area contributed by atoms with Crippen LogP contribution in [-0.2, 0) is 13.2 Å². The lowest BCUT2D eigenvalue weighted by molar-refractivity contribution is 0.284. The molecule has 1 N–H and O–H groups in total. The first-order valence-electron chi connectivity index (χ1n) is 7.08. The highest BCUT2D eigenvalue weighted by atomic mass is 19.1. The van der Waals surface area contributed by atoms with Crippen molar-refractivity contribution in [2.24, 2.45) is 5.92 Å². The summed E-state index contributed by atoms with van der Waals surface area (Å²) >= 11 is 0. The van der Waals surface area contributed by atoms with Gasteiger partial charge in [0.25, 0.3) is 0 Å². The van der Waals surface area contributed by atoms with E-state index in [2.05, 4.69) is 24.3 Å². The van der Waals surface area contributed by atoms with Gasteiger partial charge in [-0.05, 0) is 37.6 Å². The smallest absolute Gasteiger partial charge is 0.134 e. The minimum Gasteiger partial charge on any atom is -0.487 e. The van der Waals surface area contributed by atoms with Crippen molar-refractivity contribution in [3.05, 3.63) is 47.1 Å². The van der Waals surface area contributed by atoms with E-state index < -0.39 is 0 Å². The van der Waals surface area contributed by atoms with Crippen molar-refractivity contribution in [1.82, 2.24) is 10.5 Å². The molecule has 4 nitrogen and oxygen atoms in total. The van der Waals surface area contributed by atoms with Crippen molar-refractivity contribution < 1.29 is 13.7 Å². The predicted molar refractivity (Wildman–Crippen MR) is 78.5 cm³/mol. The molecule has 1 aromatic carbocycles. The van der Waals surface area contributed by atoms with E-state index in [9.17, 15) is 4.39 Å². The first-order valence-corrected chi connectivity index (χ1v) is 7.08. The SMILES string of the molecule is Cc1cc(COc2ccc(F)cc2CNCC(C)C)no1. The van der Waals surface area contributed by atoms with Crippen LogP contribution in [-0.4, -0.2) is 11.7 Å². The van der Waals surface area contributed by atoms with E-state index in [4.69, 9.17) is 9.26 Å². The van der Waals surface area contributed by atoms with E-state index in [1.165, 1.54) is 12.1 Å². The second kappa shape index (κ2) is 7.22. The molecule has 1 aromatic heterocycles. The molecule has 5 heteroatoms. The predicted octanol–water partition coefficient (Wildman–Crippen LogP) is 3.45. The summed E-state index contributed by atoms with van der Waals surface area (Å²) in [5.74, 6) is 1.68. The molecular formula is C16H21FN2O2. The molecule has 2 rings (SSSR count). The Hall–Kier alpha value is -1.88. The fourth-order valence-electron chi connectivity index (χ4n) is 1.96. The van der Waals surface area contributed by atoms with Crippen LogP contribution >= 0.6 is 0 Å². The summed E-state index contributed by atoms with van der Waals surface area (Å²) in [6.45, 7) is 7.84. The Balaban J connectivity index is 2.00. The van der Waals surface area contributed by atoms with Gasteiger partial charge in [-0.25, -0.2) is 4.39 Å². The lowest BCUT2D eigenvalue weighted by Gasteiger charge is -2.12. The van der Waals surface area contributed by atoms with Crippen LogP contribution in [0.1, 0.15) is 30.9 Å². The van der Waals surface area contributed by atoms with Crippen LogP contribution in [0.25, 0.3) is 0 Å². The van der Waals surface area contributed by atoms with Gasteiger partial charge in [0, 0.05) is 18.2 Å². The third-order valence-corrected chi connectivity index (χ3v) is 2.94. The molecule has 0 aliphatic heterocycles. The molecule has 2 aromatic rings. The van der Waals surface area contributed by atoms with Crippen molar-refractivity contribution in [2.75, 3.05) is 6.54 Å². The maximum Gasteiger partial charge on any atom is 0.134 e. The molecule has 0 bridgehead atoms. The van der Waals surface area contributed by atoms with E-state index in [-0.39, 0.29) is 5.82 Å². The lowest BCUT2D eigenvalue weighted by Crippen LogP contribution is -2.19. The standard InChI is InChI=1S/C16H21FN2O2/c1-11(2)8-18-9-13-7-14(17)4-5-16(13)20-10-15-6-12(3)21-19-15/h4-7,11,18H,8-10H2,1-3H3. The second-order valence-electron chi connectivity index (χ2n) is 5.49. The van der Waals surface area contributed by atoms with Crippen molar-refractivity contribution in [2.45, 2.75) is 33.9 Å². The lowest BCUT2D eigenvalue weighted by atomic mass is 10.1. The molecule has 0 saturated heterocycles. The number of ether oxygens (including phenoxy) is 1. The number of aryl methyl sites for hydroxylation is 1. The van der Waals surface area contributed by atoms with Gasteiger partial charge in [0.05, 0.1) is 0 Å². The minimum absolute atomic E-state index is 0.263. The molecule has 0 radical (unpaired) electrons. The molecule has 0 unspecified atom stereocenters.